The van der Waals surface area contributed by atoms with Gasteiger partial charge < -0.3 is 4.90 Å². The highest BCUT2D eigenvalue weighted by Crippen LogP contribution is 2.30. The number of rotatable bonds is 4. The topological polar surface area (TPSA) is 29.0 Å². The van der Waals surface area contributed by atoms with E-state index in [1.807, 2.05) is 45.2 Å². The van der Waals surface area contributed by atoms with Crippen LogP contribution in [0.15, 0.2) is 30.3 Å². The Morgan fingerprint density at radius 1 is 1.05 bits per heavy atom. The van der Waals surface area contributed by atoms with Gasteiger partial charge in [0, 0.05) is 24.1 Å². The average molecular weight is 324 g/mol. The molecule has 0 fully saturated rings. The minimum atomic E-state index is 0.0877. The van der Waals surface area contributed by atoms with Gasteiger partial charge in [-0.15, -0.1) is 0 Å². The van der Waals surface area contributed by atoms with E-state index in [4.69, 9.17) is 23.2 Å². The Balaban J connectivity index is 2.35. The van der Waals surface area contributed by atoms with Gasteiger partial charge in [-0.25, -0.2) is 9.97 Å². The van der Waals surface area contributed by atoms with Crippen LogP contribution in [-0.4, -0.2) is 17.0 Å². The highest BCUT2D eigenvalue weighted by molar-refractivity contribution is 6.31. The van der Waals surface area contributed by atoms with E-state index in [9.17, 15) is 0 Å². The van der Waals surface area contributed by atoms with Crippen LogP contribution in [0.5, 0.6) is 0 Å². The van der Waals surface area contributed by atoms with E-state index in [0.717, 1.165) is 22.2 Å². The first-order valence-corrected chi connectivity index (χ1v) is 7.67. The van der Waals surface area contributed by atoms with Gasteiger partial charge >= 0.3 is 0 Å². The summed E-state index contributed by atoms with van der Waals surface area (Å²) in [6.07, 6.45) is 0. The van der Waals surface area contributed by atoms with Crippen molar-refractivity contribution in [3.05, 3.63) is 51.9 Å². The highest BCUT2D eigenvalue weighted by Gasteiger charge is 2.18. The van der Waals surface area contributed by atoms with Crippen molar-refractivity contribution in [1.82, 2.24) is 9.97 Å². The zero-order chi connectivity index (χ0) is 15.6. The SMILES string of the molecule is CC(C)c1nc(Cl)cc(N(C)C(C)c2ccccc2Cl)n1. The van der Waals surface area contributed by atoms with Crippen molar-refractivity contribution >= 4 is 29.0 Å². The van der Waals surface area contributed by atoms with Crippen LogP contribution in [0.4, 0.5) is 5.82 Å². The molecule has 2 rings (SSSR count). The Hall–Kier alpha value is -1.32. The molecule has 1 aromatic carbocycles. The maximum absolute atomic E-state index is 6.28. The quantitative estimate of drug-likeness (QED) is 0.732. The van der Waals surface area contributed by atoms with Crippen molar-refractivity contribution in [2.75, 3.05) is 11.9 Å². The van der Waals surface area contributed by atoms with Crippen molar-refractivity contribution in [3.8, 4) is 0 Å². The van der Waals surface area contributed by atoms with Gasteiger partial charge in [0.15, 0.2) is 0 Å². The van der Waals surface area contributed by atoms with Crippen LogP contribution < -0.4 is 4.90 Å². The van der Waals surface area contributed by atoms with Gasteiger partial charge in [0.05, 0.1) is 6.04 Å². The summed E-state index contributed by atoms with van der Waals surface area (Å²) in [5.41, 5.74) is 1.06. The molecule has 1 atom stereocenters. The van der Waals surface area contributed by atoms with Gasteiger partial charge in [-0.3, -0.25) is 0 Å². The summed E-state index contributed by atoms with van der Waals surface area (Å²) in [7, 11) is 1.98. The molecule has 21 heavy (non-hydrogen) atoms. The molecule has 0 amide bonds. The summed E-state index contributed by atoms with van der Waals surface area (Å²) in [5.74, 6) is 1.77. The molecule has 112 valence electrons. The Morgan fingerprint density at radius 3 is 2.33 bits per heavy atom. The third-order valence-electron chi connectivity index (χ3n) is 3.51. The summed E-state index contributed by atoms with van der Waals surface area (Å²) in [5, 5.41) is 1.21. The first-order valence-electron chi connectivity index (χ1n) is 6.92. The van der Waals surface area contributed by atoms with Gasteiger partial charge in [0.25, 0.3) is 0 Å². The maximum atomic E-state index is 6.28. The Labute approximate surface area is 135 Å². The minimum absolute atomic E-state index is 0.0877. The lowest BCUT2D eigenvalue weighted by Gasteiger charge is -2.27. The highest BCUT2D eigenvalue weighted by atomic mass is 35.5. The lowest BCUT2D eigenvalue weighted by Crippen LogP contribution is -2.23. The number of nitrogens with zero attached hydrogens (tertiary/aromatic N) is 3. The van der Waals surface area contributed by atoms with E-state index in [1.165, 1.54) is 0 Å². The van der Waals surface area contributed by atoms with E-state index in [2.05, 4.69) is 21.8 Å². The molecule has 1 heterocycles. The average Bonchev–Trinajstić information content (AvgIpc) is 2.45. The Bertz CT molecular complexity index is 629. The molecule has 1 aromatic heterocycles. The molecule has 5 heteroatoms. The molecule has 1 unspecified atom stereocenters. The smallest absolute Gasteiger partial charge is 0.135 e. The number of hydrogen-bond acceptors (Lipinski definition) is 3. The zero-order valence-corrected chi connectivity index (χ0v) is 14.2. The molecule has 0 spiro atoms. The monoisotopic (exact) mass is 323 g/mol. The van der Waals surface area contributed by atoms with Crippen molar-refractivity contribution in [3.63, 3.8) is 0 Å². The molecule has 0 aliphatic carbocycles. The molecule has 0 radical (unpaired) electrons. The van der Waals surface area contributed by atoms with Gasteiger partial charge in [-0.05, 0) is 18.6 Å². The van der Waals surface area contributed by atoms with Crippen LogP contribution in [0.2, 0.25) is 10.2 Å². The molecule has 0 saturated heterocycles. The number of halogens is 2. The van der Waals surface area contributed by atoms with E-state index in [-0.39, 0.29) is 12.0 Å². The standard InChI is InChI=1S/C16H19Cl2N3/c1-10(2)16-19-14(18)9-15(20-16)21(4)11(3)12-7-5-6-8-13(12)17/h5-11H,1-4H3. The van der Waals surface area contributed by atoms with E-state index in [0.29, 0.717) is 5.15 Å². The van der Waals surface area contributed by atoms with Crippen molar-refractivity contribution in [1.29, 1.82) is 0 Å². The Kier molecular flexibility index (Phi) is 5.07. The van der Waals surface area contributed by atoms with Gasteiger partial charge in [-0.1, -0.05) is 55.2 Å². The Morgan fingerprint density at radius 2 is 1.71 bits per heavy atom. The summed E-state index contributed by atoms with van der Waals surface area (Å²) < 4.78 is 0. The second-order valence-electron chi connectivity index (χ2n) is 5.37. The zero-order valence-electron chi connectivity index (χ0n) is 12.6. The lowest BCUT2D eigenvalue weighted by molar-refractivity contribution is 0.709. The van der Waals surface area contributed by atoms with Gasteiger partial charge in [0.2, 0.25) is 0 Å². The summed E-state index contributed by atoms with van der Waals surface area (Å²) in [6.45, 7) is 6.19. The van der Waals surface area contributed by atoms with Crippen LogP contribution in [0.3, 0.4) is 0 Å². The number of aromatic nitrogens is 2. The fourth-order valence-electron chi connectivity index (χ4n) is 2.08. The van der Waals surface area contributed by atoms with Gasteiger partial charge in [0.1, 0.15) is 16.8 Å². The second-order valence-corrected chi connectivity index (χ2v) is 6.16. The molecular formula is C16H19Cl2N3. The first kappa shape index (κ1) is 16.1. The fourth-order valence-corrected chi connectivity index (χ4v) is 2.56. The molecule has 2 aromatic rings. The summed E-state index contributed by atoms with van der Waals surface area (Å²) in [4.78, 5) is 10.9. The third kappa shape index (κ3) is 3.66. The number of hydrogen-bond donors (Lipinski definition) is 0. The van der Waals surface area contributed by atoms with E-state index < -0.39 is 0 Å². The maximum Gasteiger partial charge on any atom is 0.135 e. The second kappa shape index (κ2) is 6.63. The minimum Gasteiger partial charge on any atom is -0.353 e. The van der Waals surface area contributed by atoms with Crippen molar-refractivity contribution in [2.45, 2.75) is 32.7 Å². The summed E-state index contributed by atoms with van der Waals surface area (Å²) in [6, 6.07) is 9.70. The molecule has 3 nitrogen and oxygen atoms in total. The number of benzene rings is 1. The summed E-state index contributed by atoms with van der Waals surface area (Å²) >= 11 is 12.4. The third-order valence-corrected chi connectivity index (χ3v) is 4.05. The van der Waals surface area contributed by atoms with Crippen LogP contribution in [0.1, 0.15) is 44.1 Å². The molecule has 0 aliphatic rings. The predicted octanol–water partition coefficient (Wildman–Crippen LogP) is 5.10. The molecule has 0 saturated carbocycles. The molecule has 0 N–H and O–H groups in total. The van der Waals surface area contributed by atoms with Crippen LogP contribution in [0.25, 0.3) is 0 Å². The normalized spacial score (nSPS) is 12.5. The van der Waals surface area contributed by atoms with E-state index in [1.54, 1.807) is 6.07 Å². The van der Waals surface area contributed by atoms with Crippen LogP contribution >= 0.6 is 23.2 Å². The molecular weight excluding hydrogens is 305 g/mol. The van der Waals surface area contributed by atoms with E-state index >= 15 is 0 Å². The van der Waals surface area contributed by atoms with Gasteiger partial charge in [-0.2, -0.15) is 0 Å². The largest absolute Gasteiger partial charge is 0.353 e. The number of anilines is 1. The first-order chi connectivity index (χ1) is 9.90. The van der Waals surface area contributed by atoms with Crippen LogP contribution in [0, 0.1) is 0 Å². The van der Waals surface area contributed by atoms with Crippen molar-refractivity contribution < 1.29 is 0 Å². The molecule has 0 bridgehead atoms. The predicted molar refractivity (Wildman–Crippen MR) is 89.4 cm³/mol. The van der Waals surface area contributed by atoms with Crippen molar-refractivity contribution in [2.24, 2.45) is 0 Å². The fraction of sp³-hybridized carbons (Fsp3) is 0.375. The lowest BCUT2D eigenvalue weighted by atomic mass is 10.1. The van der Waals surface area contributed by atoms with Crippen LogP contribution in [-0.2, 0) is 0 Å². The molecule has 0 aliphatic heterocycles.